The summed E-state index contributed by atoms with van der Waals surface area (Å²) < 4.78 is 1.14. The van der Waals surface area contributed by atoms with E-state index in [-0.39, 0.29) is 11.4 Å². The van der Waals surface area contributed by atoms with Gasteiger partial charge in [-0.2, -0.15) is 0 Å². The number of hydrogen-bond donors (Lipinski definition) is 3. The molecular weight excluding hydrogens is 250 g/mol. The summed E-state index contributed by atoms with van der Waals surface area (Å²) in [6.07, 6.45) is 2.46. The van der Waals surface area contributed by atoms with Gasteiger partial charge in [0.25, 0.3) is 0 Å². The molecule has 2 aromatic rings. The molecule has 8 heteroatoms. The Kier molecular flexibility index (Phi) is 3.42. The monoisotopic (exact) mass is 261 g/mol. The standard InChI is InChI=1S/C11H11N5O3/c1-7-2-3-9(17)8(4-7)14-10(18)11(19)15-16-5-12-13-6-16/h2-6,17H,1H3,(H,14,18)(H,15,19). The Morgan fingerprint density at radius 2 is 1.89 bits per heavy atom. The van der Waals surface area contributed by atoms with Crippen LogP contribution in [-0.2, 0) is 9.59 Å². The summed E-state index contributed by atoms with van der Waals surface area (Å²) in [5.74, 6) is -1.92. The molecule has 19 heavy (non-hydrogen) atoms. The van der Waals surface area contributed by atoms with Crippen LogP contribution in [-0.4, -0.2) is 31.8 Å². The highest BCUT2D eigenvalue weighted by Crippen LogP contribution is 2.23. The Bertz CT molecular complexity index is 609. The summed E-state index contributed by atoms with van der Waals surface area (Å²) in [5, 5.41) is 18.8. The molecule has 0 fully saturated rings. The Morgan fingerprint density at radius 3 is 2.58 bits per heavy atom. The second kappa shape index (κ2) is 5.17. The van der Waals surface area contributed by atoms with Crippen molar-refractivity contribution in [3.63, 3.8) is 0 Å². The van der Waals surface area contributed by atoms with Gasteiger partial charge in [0.15, 0.2) is 0 Å². The number of nitrogens with one attached hydrogen (secondary N) is 2. The van der Waals surface area contributed by atoms with E-state index in [1.807, 2.05) is 0 Å². The van der Waals surface area contributed by atoms with Crippen LogP contribution in [0.1, 0.15) is 5.56 Å². The average Bonchev–Trinajstić information content (AvgIpc) is 2.86. The number of aromatic hydroxyl groups is 1. The van der Waals surface area contributed by atoms with E-state index < -0.39 is 11.8 Å². The highest BCUT2D eigenvalue weighted by Gasteiger charge is 2.15. The number of aromatic nitrogens is 3. The second-order valence-corrected chi connectivity index (χ2v) is 3.78. The quantitative estimate of drug-likeness (QED) is 0.521. The smallest absolute Gasteiger partial charge is 0.328 e. The fraction of sp³-hybridized carbons (Fsp3) is 0.0909. The number of phenolic OH excluding ortho intramolecular Hbond substituents is 1. The van der Waals surface area contributed by atoms with Crippen LogP contribution in [0.15, 0.2) is 30.9 Å². The van der Waals surface area contributed by atoms with Crippen molar-refractivity contribution in [3.8, 4) is 5.75 Å². The SMILES string of the molecule is Cc1ccc(O)c(NC(=O)C(=O)Nn2cnnc2)c1. The first-order chi connectivity index (χ1) is 9.06. The maximum atomic E-state index is 11.6. The minimum Gasteiger partial charge on any atom is -0.506 e. The first kappa shape index (κ1) is 12.6. The van der Waals surface area contributed by atoms with Crippen LogP contribution < -0.4 is 10.7 Å². The Labute approximate surface area is 108 Å². The van der Waals surface area contributed by atoms with Gasteiger partial charge in [0.1, 0.15) is 18.4 Å². The zero-order valence-corrected chi connectivity index (χ0v) is 9.99. The number of carbonyl (C=O) groups excluding carboxylic acids is 2. The summed E-state index contributed by atoms with van der Waals surface area (Å²) in [5.41, 5.74) is 3.25. The molecule has 0 unspecified atom stereocenters. The molecule has 0 spiro atoms. The number of anilines is 1. The summed E-state index contributed by atoms with van der Waals surface area (Å²) in [6.45, 7) is 1.80. The lowest BCUT2D eigenvalue weighted by Crippen LogP contribution is -2.33. The maximum absolute atomic E-state index is 11.6. The molecule has 1 aromatic heterocycles. The summed E-state index contributed by atoms with van der Waals surface area (Å²) in [6, 6.07) is 4.67. The van der Waals surface area contributed by atoms with Gasteiger partial charge in [0.05, 0.1) is 5.69 Å². The third kappa shape index (κ3) is 3.06. The largest absolute Gasteiger partial charge is 0.506 e. The predicted molar refractivity (Wildman–Crippen MR) is 65.9 cm³/mol. The average molecular weight is 261 g/mol. The zero-order chi connectivity index (χ0) is 13.8. The minimum atomic E-state index is -0.908. The molecule has 2 amide bonds. The van der Waals surface area contributed by atoms with Gasteiger partial charge < -0.3 is 10.4 Å². The molecule has 1 heterocycles. The predicted octanol–water partition coefficient (Wildman–Crippen LogP) is 0.000920. The van der Waals surface area contributed by atoms with Gasteiger partial charge in [-0.1, -0.05) is 6.07 Å². The van der Waals surface area contributed by atoms with Crippen LogP contribution in [0.5, 0.6) is 5.75 Å². The highest BCUT2D eigenvalue weighted by molar-refractivity contribution is 6.42. The Hall–Kier alpha value is -2.90. The molecule has 0 bridgehead atoms. The number of nitrogens with zero attached hydrogens (tertiary/aromatic N) is 3. The number of carbonyl (C=O) groups is 2. The van der Waals surface area contributed by atoms with Gasteiger partial charge in [0, 0.05) is 0 Å². The number of hydrogen-bond acceptors (Lipinski definition) is 5. The van der Waals surface area contributed by atoms with E-state index in [0.29, 0.717) is 0 Å². The molecule has 0 radical (unpaired) electrons. The Morgan fingerprint density at radius 1 is 1.21 bits per heavy atom. The number of benzene rings is 1. The van der Waals surface area contributed by atoms with Gasteiger partial charge in [-0.3, -0.25) is 15.0 Å². The molecule has 3 N–H and O–H groups in total. The van der Waals surface area contributed by atoms with Gasteiger partial charge in [0.2, 0.25) is 0 Å². The topological polar surface area (TPSA) is 109 Å². The molecule has 0 saturated heterocycles. The van der Waals surface area contributed by atoms with Crippen molar-refractivity contribution in [3.05, 3.63) is 36.4 Å². The number of amides is 2. The van der Waals surface area contributed by atoms with Crippen LogP contribution in [0, 0.1) is 6.92 Å². The third-order valence-corrected chi connectivity index (χ3v) is 2.26. The van der Waals surface area contributed by atoms with Crippen LogP contribution in [0.4, 0.5) is 5.69 Å². The summed E-state index contributed by atoms with van der Waals surface area (Å²) in [4.78, 5) is 23.1. The number of aryl methyl sites for hydroxylation is 1. The van der Waals surface area contributed by atoms with Gasteiger partial charge in [-0.25, -0.2) is 4.68 Å². The summed E-state index contributed by atoms with van der Waals surface area (Å²) >= 11 is 0. The first-order valence-electron chi connectivity index (χ1n) is 5.33. The van der Waals surface area contributed by atoms with Crippen molar-refractivity contribution in [2.75, 3.05) is 10.7 Å². The fourth-order valence-electron chi connectivity index (χ4n) is 1.36. The second-order valence-electron chi connectivity index (χ2n) is 3.78. The maximum Gasteiger partial charge on any atom is 0.328 e. The number of phenols is 1. The van der Waals surface area contributed by atoms with E-state index in [9.17, 15) is 14.7 Å². The van der Waals surface area contributed by atoms with E-state index in [4.69, 9.17) is 0 Å². The van der Waals surface area contributed by atoms with Crippen LogP contribution >= 0.6 is 0 Å². The molecule has 1 aromatic carbocycles. The summed E-state index contributed by atoms with van der Waals surface area (Å²) in [7, 11) is 0. The fourth-order valence-corrected chi connectivity index (χ4v) is 1.36. The normalized spacial score (nSPS) is 9.95. The minimum absolute atomic E-state index is 0.115. The van der Waals surface area contributed by atoms with Crippen LogP contribution in [0.3, 0.4) is 0 Å². The van der Waals surface area contributed by atoms with E-state index in [2.05, 4.69) is 20.9 Å². The molecule has 8 nitrogen and oxygen atoms in total. The van der Waals surface area contributed by atoms with Crippen molar-refractivity contribution in [1.29, 1.82) is 0 Å². The van der Waals surface area contributed by atoms with E-state index in [1.54, 1.807) is 19.1 Å². The Balaban J connectivity index is 2.04. The van der Waals surface area contributed by atoms with Crippen molar-refractivity contribution >= 4 is 17.5 Å². The van der Waals surface area contributed by atoms with E-state index in [1.165, 1.54) is 18.7 Å². The van der Waals surface area contributed by atoms with Crippen molar-refractivity contribution in [1.82, 2.24) is 14.9 Å². The number of rotatable bonds is 2. The molecule has 0 aliphatic carbocycles. The first-order valence-corrected chi connectivity index (χ1v) is 5.33. The van der Waals surface area contributed by atoms with Crippen molar-refractivity contribution < 1.29 is 14.7 Å². The lowest BCUT2D eigenvalue weighted by atomic mass is 10.2. The lowest BCUT2D eigenvalue weighted by molar-refractivity contribution is -0.133. The van der Waals surface area contributed by atoms with E-state index in [0.717, 1.165) is 10.2 Å². The molecule has 0 atom stereocenters. The van der Waals surface area contributed by atoms with Crippen LogP contribution in [0.25, 0.3) is 0 Å². The lowest BCUT2D eigenvalue weighted by Gasteiger charge is -2.08. The molecule has 0 aliphatic rings. The van der Waals surface area contributed by atoms with Crippen molar-refractivity contribution in [2.24, 2.45) is 0 Å². The van der Waals surface area contributed by atoms with Crippen molar-refractivity contribution in [2.45, 2.75) is 6.92 Å². The molecule has 0 saturated carbocycles. The van der Waals surface area contributed by atoms with Crippen LogP contribution in [0.2, 0.25) is 0 Å². The molecular formula is C11H11N5O3. The zero-order valence-electron chi connectivity index (χ0n) is 9.99. The third-order valence-electron chi connectivity index (χ3n) is 2.26. The molecule has 98 valence electrons. The molecule has 0 aliphatic heterocycles. The van der Waals surface area contributed by atoms with Gasteiger partial charge >= 0.3 is 11.8 Å². The van der Waals surface area contributed by atoms with Gasteiger partial charge in [-0.05, 0) is 24.6 Å². The highest BCUT2D eigenvalue weighted by atomic mass is 16.3. The van der Waals surface area contributed by atoms with Gasteiger partial charge in [-0.15, -0.1) is 10.2 Å². The molecule has 2 rings (SSSR count). The van der Waals surface area contributed by atoms with E-state index >= 15 is 0 Å².